The molecule has 0 unspecified atom stereocenters. The summed E-state index contributed by atoms with van der Waals surface area (Å²) in [6.07, 6.45) is 2.10. The lowest BCUT2D eigenvalue weighted by molar-refractivity contribution is -0.132. The van der Waals surface area contributed by atoms with Crippen molar-refractivity contribution in [2.75, 3.05) is 6.54 Å². The van der Waals surface area contributed by atoms with Gasteiger partial charge >= 0.3 is 0 Å². The van der Waals surface area contributed by atoms with Gasteiger partial charge in [-0.15, -0.1) is 0 Å². The van der Waals surface area contributed by atoms with Crippen LogP contribution in [0.2, 0.25) is 0 Å². The summed E-state index contributed by atoms with van der Waals surface area (Å²) in [6, 6.07) is 10.0. The van der Waals surface area contributed by atoms with E-state index in [0.29, 0.717) is 13.0 Å². The lowest BCUT2D eigenvalue weighted by Gasteiger charge is -2.15. The third kappa shape index (κ3) is 2.78. The van der Waals surface area contributed by atoms with Gasteiger partial charge < -0.3 is 5.32 Å². The minimum Gasteiger partial charge on any atom is -0.355 e. The molecule has 1 amide bonds. The van der Waals surface area contributed by atoms with Crippen molar-refractivity contribution in [3.8, 4) is 0 Å². The molecule has 0 radical (unpaired) electrons. The molecule has 1 aliphatic rings. The molecular weight excluding hydrogens is 226 g/mol. The Bertz CT molecular complexity index is 427. The summed E-state index contributed by atoms with van der Waals surface area (Å²) in [7, 11) is 0. The lowest BCUT2D eigenvalue weighted by atomic mass is 9.85. The van der Waals surface area contributed by atoms with Crippen LogP contribution in [0.4, 0.5) is 0 Å². The molecule has 96 valence electrons. The van der Waals surface area contributed by atoms with Crippen LogP contribution in [-0.2, 0) is 16.0 Å². The van der Waals surface area contributed by atoms with E-state index in [1.165, 1.54) is 5.56 Å². The minimum absolute atomic E-state index is 0.0885. The Balaban J connectivity index is 2.07. The lowest BCUT2D eigenvalue weighted by Crippen LogP contribution is -2.28. The molecule has 18 heavy (non-hydrogen) atoms. The molecule has 0 bridgehead atoms. The molecule has 0 spiro atoms. The summed E-state index contributed by atoms with van der Waals surface area (Å²) in [6.45, 7) is 2.59. The van der Waals surface area contributed by atoms with Crippen molar-refractivity contribution >= 4 is 11.7 Å². The van der Waals surface area contributed by atoms with E-state index in [9.17, 15) is 9.59 Å². The summed E-state index contributed by atoms with van der Waals surface area (Å²) in [5.41, 5.74) is 1.19. The van der Waals surface area contributed by atoms with Gasteiger partial charge in [0, 0.05) is 13.0 Å². The smallest absolute Gasteiger partial charge is 0.230 e. The number of nitrogens with one attached hydrogen (secondary N) is 1. The topological polar surface area (TPSA) is 46.2 Å². The Morgan fingerprint density at radius 1 is 1.33 bits per heavy atom. The predicted octanol–water partition coefficient (Wildman–Crippen LogP) is 1.96. The molecule has 3 nitrogen and oxygen atoms in total. The number of hydrogen-bond donors (Lipinski definition) is 1. The summed E-state index contributed by atoms with van der Waals surface area (Å²) in [4.78, 5) is 23.8. The molecule has 1 N–H and O–H groups in total. The van der Waals surface area contributed by atoms with Crippen molar-refractivity contribution < 1.29 is 9.59 Å². The van der Waals surface area contributed by atoms with Crippen LogP contribution in [0.25, 0.3) is 0 Å². The van der Waals surface area contributed by atoms with Gasteiger partial charge in [0.2, 0.25) is 5.91 Å². The summed E-state index contributed by atoms with van der Waals surface area (Å²) < 4.78 is 0. The molecule has 1 aliphatic heterocycles. The molecule has 0 saturated carbocycles. The molecular formula is C15H19NO2. The zero-order valence-electron chi connectivity index (χ0n) is 10.7. The molecule has 1 aromatic carbocycles. The number of carbonyl (C=O) groups is 2. The Kier molecular flexibility index (Phi) is 4.13. The average Bonchev–Trinajstić information content (AvgIpc) is 2.72. The highest BCUT2D eigenvalue weighted by Gasteiger charge is 2.38. The van der Waals surface area contributed by atoms with Crippen molar-refractivity contribution in [3.63, 3.8) is 0 Å². The number of ketones is 1. The normalized spacial score (nSPS) is 22.8. The van der Waals surface area contributed by atoms with E-state index in [1.807, 2.05) is 37.3 Å². The summed E-state index contributed by atoms with van der Waals surface area (Å²) in [5.74, 6) is -0.327. The van der Waals surface area contributed by atoms with E-state index in [2.05, 4.69) is 5.32 Å². The number of hydrogen-bond acceptors (Lipinski definition) is 2. The first-order valence-electron chi connectivity index (χ1n) is 6.56. The quantitative estimate of drug-likeness (QED) is 0.806. The van der Waals surface area contributed by atoms with Crippen LogP contribution in [0, 0.1) is 11.8 Å². The average molecular weight is 245 g/mol. The first kappa shape index (κ1) is 12.8. The number of carbonyl (C=O) groups excluding carboxylic acids is 2. The molecule has 1 fully saturated rings. The standard InChI is InChI=1S/C15H19NO2/c1-2-6-13(17)14-12(10-16-15(14)18)9-11-7-4-3-5-8-11/h3-5,7-8,12,14H,2,6,9-10H2,1H3,(H,16,18)/t12-,14+/m1/s1. The highest BCUT2D eigenvalue weighted by Crippen LogP contribution is 2.24. The number of benzene rings is 1. The molecule has 3 heteroatoms. The van der Waals surface area contributed by atoms with Crippen LogP contribution in [0.5, 0.6) is 0 Å². The molecule has 2 rings (SSSR count). The van der Waals surface area contributed by atoms with Crippen LogP contribution in [0.15, 0.2) is 30.3 Å². The summed E-state index contributed by atoms with van der Waals surface area (Å²) in [5, 5.41) is 2.82. The maximum Gasteiger partial charge on any atom is 0.230 e. The maximum atomic E-state index is 12.0. The van der Waals surface area contributed by atoms with Crippen molar-refractivity contribution in [1.82, 2.24) is 5.32 Å². The predicted molar refractivity (Wildman–Crippen MR) is 70.1 cm³/mol. The molecule has 0 aliphatic carbocycles. The zero-order chi connectivity index (χ0) is 13.0. The fraction of sp³-hybridized carbons (Fsp3) is 0.467. The van der Waals surface area contributed by atoms with Gasteiger partial charge in [-0.3, -0.25) is 9.59 Å². The third-order valence-electron chi connectivity index (χ3n) is 3.48. The highest BCUT2D eigenvalue weighted by atomic mass is 16.2. The van der Waals surface area contributed by atoms with Crippen molar-refractivity contribution in [2.45, 2.75) is 26.2 Å². The SMILES string of the molecule is CCCC(=O)[C@H]1C(=O)NC[C@H]1Cc1ccccc1. The van der Waals surface area contributed by atoms with Crippen LogP contribution >= 0.6 is 0 Å². The summed E-state index contributed by atoms with van der Waals surface area (Å²) >= 11 is 0. The van der Waals surface area contributed by atoms with Crippen molar-refractivity contribution in [3.05, 3.63) is 35.9 Å². The molecule has 2 atom stereocenters. The van der Waals surface area contributed by atoms with Gasteiger partial charge in [-0.05, 0) is 24.3 Å². The van der Waals surface area contributed by atoms with E-state index in [0.717, 1.165) is 12.8 Å². The molecule has 1 aromatic rings. The van der Waals surface area contributed by atoms with Crippen molar-refractivity contribution in [2.24, 2.45) is 11.8 Å². The Labute approximate surface area is 108 Å². The second-order valence-electron chi connectivity index (χ2n) is 4.89. The number of Topliss-reactive ketones (excluding diaryl/α,β-unsaturated/α-hetero) is 1. The van der Waals surface area contributed by atoms with Gasteiger partial charge in [-0.1, -0.05) is 37.3 Å². The second-order valence-corrected chi connectivity index (χ2v) is 4.89. The first-order chi connectivity index (χ1) is 8.72. The Morgan fingerprint density at radius 3 is 2.72 bits per heavy atom. The second kappa shape index (κ2) is 5.80. The third-order valence-corrected chi connectivity index (χ3v) is 3.48. The monoisotopic (exact) mass is 245 g/mol. The van der Waals surface area contributed by atoms with Gasteiger partial charge in [0.05, 0.1) is 0 Å². The highest BCUT2D eigenvalue weighted by molar-refractivity contribution is 6.03. The van der Waals surface area contributed by atoms with Gasteiger partial charge in [-0.2, -0.15) is 0 Å². The van der Waals surface area contributed by atoms with Gasteiger partial charge in [0.15, 0.2) is 0 Å². The van der Waals surface area contributed by atoms with Crippen molar-refractivity contribution in [1.29, 1.82) is 0 Å². The molecule has 1 heterocycles. The van der Waals surface area contributed by atoms with Gasteiger partial charge in [0.25, 0.3) is 0 Å². The Morgan fingerprint density at radius 2 is 2.06 bits per heavy atom. The van der Waals surface area contributed by atoms with Gasteiger partial charge in [-0.25, -0.2) is 0 Å². The van der Waals surface area contributed by atoms with Crippen LogP contribution < -0.4 is 5.32 Å². The fourth-order valence-electron chi connectivity index (χ4n) is 2.59. The van der Waals surface area contributed by atoms with E-state index < -0.39 is 5.92 Å². The largest absolute Gasteiger partial charge is 0.355 e. The maximum absolute atomic E-state index is 12.0. The van der Waals surface area contributed by atoms with E-state index in [1.54, 1.807) is 0 Å². The van der Waals surface area contributed by atoms with E-state index in [-0.39, 0.29) is 17.6 Å². The van der Waals surface area contributed by atoms with Crippen LogP contribution in [-0.4, -0.2) is 18.2 Å². The minimum atomic E-state index is -0.440. The Hall–Kier alpha value is -1.64. The molecule has 0 aromatic heterocycles. The van der Waals surface area contributed by atoms with E-state index >= 15 is 0 Å². The fourth-order valence-corrected chi connectivity index (χ4v) is 2.59. The van der Waals surface area contributed by atoms with Crippen LogP contribution in [0.1, 0.15) is 25.3 Å². The first-order valence-corrected chi connectivity index (χ1v) is 6.56. The van der Waals surface area contributed by atoms with E-state index in [4.69, 9.17) is 0 Å². The van der Waals surface area contributed by atoms with Crippen LogP contribution in [0.3, 0.4) is 0 Å². The number of rotatable bonds is 5. The number of amides is 1. The van der Waals surface area contributed by atoms with Gasteiger partial charge in [0.1, 0.15) is 11.7 Å². The molecule has 1 saturated heterocycles. The zero-order valence-corrected chi connectivity index (χ0v) is 10.7.